The average molecular weight is 399 g/mol. The Kier molecular flexibility index (Phi) is 5.93. The molecule has 7 nitrogen and oxygen atoms in total. The van der Waals surface area contributed by atoms with Gasteiger partial charge < -0.3 is 10.2 Å². The van der Waals surface area contributed by atoms with Gasteiger partial charge in [0, 0.05) is 5.56 Å². The van der Waals surface area contributed by atoms with Gasteiger partial charge in [0.2, 0.25) is 0 Å². The Morgan fingerprint density at radius 2 is 1.90 bits per heavy atom. The molecule has 1 saturated heterocycles. The highest BCUT2D eigenvalue weighted by Gasteiger charge is 2.52. The van der Waals surface area contributed by atoms with Gasteiger partial charge in [-0.15, -0.1) is 0 Å². The van der Waals surface area contributed by atoms with Crippen molar-refractivity contribution < 1.29 is 23.7 Å². The first-order valence-corrected chi connectivity index (χ1v) is 9.43. The van der Waals surface area contributed by atoms with E-state index in [1.54, 1.807) is 50.4 Å². The minimum Gasteiger partial charge on any atom is -0.326 e. The lowest BCUT2D eigenvalue weighted by Crippen LogP contribution is -3.09. The summed E-state index contributed by atoms with van der Waals surface area (Å²) in [5.41, 5.74) is 2.61. The molecule has 0 spiro atoms. The van der Waals surface area contributed by atoms with Crippen molar-refractivity contribution in [3.05, 3.63) is 71.5 Å². The third kappa shape index (κ3) is 4.27. The number of nitrogens with zero attached hydrogens (tertiary/aromatic N) is 1. The molecule has 152 valence electrons. The van der Waals surface area contributed by atoms with Crippen LogP contribution in [0, 0.1) is 5.82 Å². The molecule has 2 aromatic carbocycles. The van der Waals surface area contributed by atoms with Gasteiger partial charge in [0.25, 0.3) is 11.8 Å². The Balaban J connectivity index is 1.66. The summed E-state index contributed by atoms with van der Waals surface area (Å²) in [5, 5.41) is 3.46. The lowest BCUT2D eigenvalue weighted by atomic mass is 9.87. The third-order valence-electron chi connectivity index (χ3n) is 4.98. The van der Waals surface area contributed by atoms with Gasteiger partial charge in [-0.25, -0.2) is 9.18 Å². The van der Waals surface area contributed by atoms with Crippen LogP contribution in [0.2, 0.25) is 0 Å². The van der Waals surface area contributed by atoms with Crippen molar-refractivity contribution in [1.29, 1.82) is 0 Å². The van der Waals surface area contributed by atoms with Crippen LogP contribution in [0.4, 0.5) is 9.18 Å². The van der Waals surface area contributed by atoms with E-state index in [2.05, 4.69) is 10.7 Å². The molecule has 0 bridgehead atoms. The number of amides is 4. The molecule has 4 amide bonds. The molecule has 0 aromatic heterocycles. The number of quaternary nitrogens is 1. The molecule has 2 aromatic rings. The summed E-state index contributed by atoms with van der Waals surface area (Å²) in [5.74, 6) is -1.34. The highest BCUT2D eigenvalue weighted by Crippen LogP contribution is 2.31. The van der Waals surface area contributed by atoms with Crippen molar-refractivity contribution in [1.82, 2.24) is 15.8 Å². The van der Waals surface area contributed by atoms with Crippen LogP contribution in [0.3, 0.4) is 0 Å². The van der Waals surface area contributed by atoms with Gasteiger partial charge in [-0.05, 0) is 24.1 Å². The number of hydrogen-bond donors (Lipinski definition) is 3. The summed E-state index contributed by atoms with van der Waals surface area (Å²) in [4.78, 5) is 38.6. The number of likely N-dealkylation sites (N-methyl/N-ethyl adjacent to an activating group) is 1. The van der Waals surface area contributed by atoms with E-state index in [0.717, 1.165) is 15.5 Å². The van der Waals surface area contributed by atoms with Crippen molar-refractivity contribution >= 4 is 17.8 Å². The maximum atomic E-state index is 13.3. The van der Waals surface area contributed by atoms with Crippen LogP contribution in [0.15, 0.2) is 54.6 Å². The fourth-order valence-corrected chi connectivity index (χ4v) is 3.53. The number of hydrazine groups is 1. The van der Waals surface area contributed by atoms with Crippen molar-refractivity contribution in [3.8, 4) is 0 Å². The average Bonchev–Trinajstić information content (AvgIpc) is 2.93. The van der Waals surface area contributed by atoms with Crippen LogP contribution < -0.4 is 15.6 Å². The highest BCUT2D eigenvalue weighted by atomic mass is 19.1. The smallest absolute Gasteiger partial charge is 0.326 e. The molecule has 0 saturated carbocycles. The van der Waals surface area contributed by atoms with Crippen molar-refractivity contribution in [2.24, 2.45) is 0 Å². The maximum Gasteiger partial charge on any atom is 0.344 e. The number of urea groups is 1. The Bertz CT molecular complexity index is 921. The van der Waals surface area contributed by atoms with E-state index < -0.39 is 23.4 Å². The second-order valence-electron chi connectivity index (χ2n) is 7.17. The molecular weight excluding hydrogens is 375 g/mol. The first-order chi connectivity index (χ1) is 13.9. The first kappa shape index (κ1) is 20.5. The number of carbonyl (C=O) groups is 3. The molecule has 3 rings (SSSR count). The molecular formula is C21H24FN4O3+. The van der Waals surface area contributed by atoms with E-state index in [1.165, 1.54) is 12.1 Å². The second kappa shape index (κ2) is 8.40. The molecule has 0 aliphatic carbocycles. The SMILES string of the molecule is CC[C@]1(c2ccccc2)NC(=O)N(NC(=O)C[NH+](C)Cc2cccc(F)c2)C1=O. The fourth-order valence-electron chi connectivity index (χ4n) is 3.53. The third-order valence-corrected chi connectivity index (χ3v) is 4.98. The van der Waals surface area contributed by atoms with Gasteiger partial charge in [0.15, 0.2) is 6.54 Å². The van der Waals surface area contributed by atoms with Gasteiger partial charge in [0.1, 0.15) is 17.9 Å². The normalized spacial score (nSPS) is 19.8. The summed E-state index contributed by atoms with van der Waals surface area (Å²) < 4.78 is 13.3. The van der Waals surface area contributed by atoms with Gasteiger partial charge in [-0.1, -0.05) is 49.4 Å². The lowest BCUT2D eigenvalue weighted by Gasteiger charge is -2.25. The van der Waals surface area contributed by atoms with Crippen molar-refractivity contribution in [3.63, 3.8) is 0 Å². The van der Waals surface area contributed by atoms with Crippen LogP contribution in [0.25, 0.3) is 0 Å². The lowest BCUT2D eigenvalue weighted by molar-refractivity contribution is -0.885. The molecule has 8 heteroatoms. The van der Waals surface area contributed by atoms with E-state index >= 15 is 0 Å². The zero-order chi connectivity index (χ0) is 21.0. The fraction of sp³-hybridized carbons (Fsp3) is 0.286. The number of nitrogens with one attached hydrogen (secondary N) is 3. The number of hydrogen-bond acceptors (Lipinski definition) is 3. The number of imide groups is 1. The highest BCUT2D eigenvalue weighted by molar-refractivity contribution is 6.08. The number of carbonyl (C=O) groups excluding carboxylic acids is 3. The monoisotopic (exact) mass is 399 g/mol. The predicted octanol–water partition coefficient (Wildman–Crippen LogP) is 0.729. The molecule has 3 N–H and O–H groups in total. The van der Waals surface area contributed by atoms with Crippen LogP contribution in [-0.2, 0) is 21.7 Å². The van der Waals surface area contributed by atoms with Gasteiger partial charge in [-0.3, -0.25) is 15.0 Å². The quantitative estimate of drug-likeness (QED) is 0.601. The molecule has 1 unspecified atom stereocenters. The first-order valence-electron chi connectivity index (χ1n) is 9.43. The standard InChI is InChI=1S/C21H23FN4O3/c1-3-21(16-9-5-4-6-10-16)19(28)26(20(29)23-21)24-18(27)14-25(2)13-15-8-7-11-17(22)12-15/h4-12H,3,13-14H2,1-2H3,(H,23,29)(H,24,27)/p+1/t21-/m1/s1. The molecule has 1 heterocycles. The molecule has 1 aliphatic heterocycles. The summed E-state index contributed by atoms with van der Waals surface area (Å²) in [6.07, 6.45) is 0.346. The minimum absolute atomic E-state index is 0.0119. The Morgan fingerprint density at radius 1 is 1.17 bits per heavy atom. The van der Waals surface area contributed by atoms with Crippen LogP contribution in [-0.4, -0.2) is 36.4 Å². The molecule has 29 heavy (non-hydrogen) atoms. The summed E-state index contributed by atoms with van der Waals surface area (Å²) in [6.45, 7) is 2.24. The minimum atomic E-state index is -1.20. The van der Waals surface area contributed by atoms with Crippen molar-refractivity contribution in [2.45, 2.75) is 25.4 Å². The molecule has 1 fully saturated rings. The molecule has 2 atom stereocenters. The number of benzene rings is 2. The van der Waals surface area contributed by atoms with Crippen LogP contribution in [0.5, 0.6) is 0 Å². The van der Waals surface area contributed by atoms with Crippen LogP contribution in [0.1, 0.15) is 24.5 Å². The van der Waals surface area contributed by atoms with E-state index in [4.69, 9.17) is 0 Å². The van der Waals surface area contributed by atoms with Gasteiger partial charge in [0.05, 0.1) is 7.05 Å². The second-order valence-corrected chi connectivity index (χ2v) is 7.17. The Hall–Kier alpha value is -3.26. The van der Waals surface area contributed by atoms with Gasteiger partial charge >= 0.3 is 6.03 Å². The largest absolute Gasteiger partial charge is 0.344 e. The van der Waals surface area contributed by atoms with Crippen molar-refractivity contribution in [2.75, 3.05) is 13.6 Å². The number of halogens is 1. The molecule has 1 aliphatic rings. The van der Waals surface area contributed by atoms with Gasteiger partial charge in [-0.2, -0.15) is 5.01 Å². The van der Waals surface area contributed by atoms with E-state index in [9.17, 15) is 18.8 Å². The van der Waals surface area contributed by atoms with E-state index in [0.29, 0.717) is 18.5 Å². The topological polar surface area (TPSA) is 83.0 Å². The summed E-state index contributed by atoms with van der Waals surface area (Å²) in [7, 11) is 1.77. The van der Waals surface area contributed by atoms with E-state index in [1.807, 2.05) is 6.07 Å². The maximum absolute atomic E-state index is 13.3. The van der Waals surface area contributed by atoms with Crippen LogP contribution >= 0.6 is 0 Å². The number of rotatable bonds is 7. The Labute approximate surface area is 168 Å². The molecule has 0 radical (unpaired) electrons. The predicted molar refractivity (Wildman–Crippen MR) is 104 cm³/mol. The van der Waals surface area contributed by atoms with E-state index in [-0.39, 0.29) is 12.4 Å². The zero-order valence-electron chi connectivity index (χ0n) is 16.4. The summed E-state index contributed by atoms with van der Waals surface area (Å²) >= 11 is 0. The summed E-state index contributed by atoms with van der Waals surface area (Å²) in [6, 6.07) is 14.4. The Morgan fingerprint density at radius 3 is 2.55 bits per heavy atom. The zero-order valence-corrected chi connectivity index (χ0v) is 16.4.